The summed E-state index contributed by atoms with van der Waals surface area (Å²) in [7, 11) is 1.46. The van der Waals surface area contributed by atoms with E-state index in [4.69, 9.17) is 4.74 Å². The third-order valence-electron chi connectivity index (χ3n) is 8.32. The number of rotatable bonds is 7. The third kappa shape index (κ3) is 10.4. The van der Waals surface area contributed by atoms with Crippen LogP contribution in [0.2, 0.25) is 0 Å². The summed E-state index contributed by atoms with van der Waals surface area (Å²) in [5.41, 5.74) is 1.71. The van der Waals surface area contributed by atoms with E-state index in [0.717, 1.165) is 11.1 Å². The fourth-order valence-electron chi connectivity index (χ4n) is 5.44. The van der Waals surface area contributed by atoms with Crippen molar-refractivity contribution in [3.8, 4) is 5.75 Å². The molecule has 12 heteroatoms. The Bertz CT molecular complexity index is 1620. The maximum Gasteiger partial charge on any atom is 0.255 e. The molecule has 0 fully saturated rings. The van der Waals surface area contributed by atoms with Gasteiger partial charge in [0.15, 0.2) is 0 Å². The average molecular weight is 674 g/mol. The molecule has 3 aromatic rings. The predicted molar refractivity (Wildman–Crippen MR) is 182 cm³/mol. The minimum Gasteiger partial charge on any atom is -0.491 e. The van der Waals surface area contributed by atoms with Crippen molar-refractivity contribution in [1.29, 1.82) is 0 Å². The Morgan fingerprint density at radius 3 is 2.27 bits per heavy atom. The van der Waals surface area contributed by atoms with Gasteiger partial charge in [-0.25, -0.2) is 4.39 Å². The molecule has 0 bridgehead atoms. The van der Waals surface area contributed by atoms with Crippen molar-refractivity contribution in [3.63, 3.8) is 0 Å². The third-order valence-corrected chi connectivity index (χ3v) is 8.32. The van der Waals surface area contributed by atoms with Crippen molar-refractivity contribution in [1.82, 2.24) is 26.2 Å². The Hall–Kier alpha value is -5.26. The second-order valence-corrected chi connectivity index (χ2v) is 12.6. The number of nitrogens with zero attached hydrogens (tertiary/aromatic N) is 1. The first kappa shape index (κ1) is 36.6. The molecule has 0 radical (unpaired) electrons. The van der Waals surface area contributed by atoms with Crippen LogP contribution in [0.1, 0.15) is 48.7 Å². The Morgan fingerprint density at radius 2 is 1.57 bits per heavy atom. The SMILES string of the molecule is CC(C)[C@H]1NC(=O)[C@H](Cc2ccccc2)N(C)C(=O)C[C@@H](C(=O)NCCc2ccc(F)cc2)NC(=O)c2ccccc2OC[C@H](C)NC1=O. The maximum absolute atomic E-state index is 13.9. The number of fused-ring (bicyclic) bond motifs is 1. The number of likely N-dealkylation sites (N-methyl/N-ethyl adjacent to an activating group) is 1. The van der Waals surface area contributed by atoms with Crippen LogP contribution in [0.5, 0.6) is 5.75 Å². The van der Waals surface area contributed by atoms with E-state index in [9.17, 15) is 28.4 Å². The van der Waals surface area contributed by atoms with Gasteiger partial charge in [0.2, 0.25) is 23.6 Å². The molecule has 5 amide bonds. The second kappa shape index (κ2) is 17.2. The highest BCUT2D eigenvalue weighted by atomic mass is 19.1. The molecule has 1 aliphatic heterocycles. The number of carbonyl (C=O) groups is 5. The highest BCUT2D eigenvalue weighted by Gasteiger charge is 2.35. The zero-order valence-electron chi connectivity index (χ0n) is 28.2. The Labute approximate surface area is 286 Å². The molecular formula is C37H44FN5O6. The number of ether oxygens (including phenoxy) is 1. The standard InChI is InChI=1S/C37H44FN5O6/c1-23(2)33-37(48)40-24(3)22-49-31-13-9-8-12-28(31)34(45)41-29(35(46)39-19-18-25-14-16-27(38)17-15-25)21-32(44)43(4)30(36(47)42-33)20-26-10-6-5-7-11-26/h5-17,23-24,29-30,33H,18-22H2,1-4H3,(H,39,46)(H,40,48)(H,41,45)(H,42,47)/t24-,29-,30-,33+/m0/s1. The van der Waals surface area contributed by atoms with Crippen LogP contribution >= 0.6 is 0 Å². The number of carbonyl (C=O) groups excluding carboxylic acids is 5. The average Bonchev–Trinajstić information content (AvgIpc) is 3.08. The molecule has 0 unspecified atom stereocenters. The number of hydrogen-bond donors (Lipinski definition) is 4. The van der Waals surface area contributed by atoms with Crippen molar-refractivity contribution >= 4 is 29.5 Å². The first-order valence-electron chi connectivity index (χ1n) is 16.4. The molecule has 1 aliphatic rings. The Kier molecular flexibility index (Phi) is 12.9. The summed E-state index contributed by atoms with van der Waals surface area (Å²) in [6, 6.07) is 17.7. The quantitative estimate of drug-likeness (QED) is 0.304. The second-order valence-electron chi connectivity index (χ2n) is 12.6. The summed E-state index contributed by atoms with van der Waals surface area (Å²) in [6.07, 6.45) is 0.0652. The zero-order chi connectivity index (χ0) is 35.5. The molecule has 0 saturated carbocycles. The van der Waals surface area contributed by atoms with Gasteiger partial charge in [-0.1, -0.05) is 68.4 Å². The van der Waals surface area contributed by atoms with E-state index in [2.05, 4.69) is 21.3 Å². The van der Waals surface area contributed by atoms with Crippen molar-refractivity contribution < 1.29 is 33.1 Å². The van der Waals surface area contributed by atoms with Crippen LogP contribution in [-0.2, 0) is 32.0 Å². The smallest absolute Gasteiger partial charge is 0.255 e. The van der Waals surface area contributed by atoms with Gasteiger partial charge in [-0.05, 0) is 54.7 Å². The Morgan fingerprint density at radius 1 is 0.898 bits per heavy atom. The molecule has 1 heterocycles. The maximum atomic E-state index is 13.9. The van der Waals surface area contributed by atoms with Crippen molar-refractivity contribution in [2.24, 2.45) is 5.92 Å². The fraction of sp³-hybridized carbons (Fsp3) is 0.378. The van der Waals surface area contributed by atoms with E-state index in [0.29, 0.717) is 6.42 Å². The summed E-state index contributed by atoms with van der Waals surface area (Å²) in [5, 5.41) is 11.2. The molecular weight excluding hydrogens is 629 g/mol. The lowest BCUT2D eigenvalue weighted by molar-refractivity contribution is -0.141. The predicted octanol–water partition coefficient (Wildman–Crippen LogP) is 2.78. The summed E-state index contributed by atoms with van der Waals surface area (Å²) >= 11 is 0. The van der Waals surface area contributed by atoms with Crippen LogP contribution < -0.4 is 26.0 Å². The zero-order valence-corrected chi connectivity index (χ0v) is 28.2. The van der Waals surface area contributed by atoms with Gasteiger partial charge in [0, 0.05) is 20.0 Å². The molecule has 260 valence electrons. The van der Waals surface area contributed by atoms with Gasteiger partial charge in [-0.2, -0.15) is 0 Å². The Balaban J connectivity index is 1.66. The minimum absolute atomic E-state index is 0.0138. The molecule has 0 spiro atoms. The van der Waals surface area contributed by atoms with Gasteiger partial charge < -0.3 is 30.9 Å². The van der Waals surface area contributed by atoms with E-state index < -0.39 is 60.1 Å². The highest BCUT2D eigenvalue weighted by Crippen LogP contribution is 2.19. The van der Waals surface area contributed by atoms with Crippen LogP contribution in [-0.4, -0.2) is 78.8 Å². The number of halogens is 1. The first-order valence-corrected chi connectivity index (χ1v) is 16.4. The first-order chi connectivity index (χ1) is 23.4. The van der Waals surface area contributed by atoms with Crippen molar-refractivity contribution in [3.05, 3.63) is 101 Å². The van der Waals surface area contributed by atoms with Crippen LogP contribution in [0.4, 0.5) is 4.39 Å². The molecule has 3 aromatic carbocycles. The van der Waals surface area contributed by atoms with Crippen LogP contribution in [0.15, 0.2) is 78.9 Å². The summed E-state index contributed by atoms with van der Waals surface area (Å²) < 4.78 is 19.3. The molecule has 11 nitrogen and oxygen atoms in total. The molecule has 0 aromatic heterocycles. The highest BCUT2D eigenvalue weighted by molar-refractivity contribution is 6.01. The van der Waals surface area contributed by atoms with Gasteiger partial charge in [-0.15, -0.1) is 0 Å². The van der Waals surface area contributed by atoms with Gasteiger partial charge in [0.05, 0.1) is 18.0 Å². The van der Waals surface area contributed by atoms with E-state index in [1.54, 1.807) is 37.3 Å². The normalized spacial score (nSPS) is 21.1. The van der Waals surface area contributed by atoms with Gasteiger partial charge in [0.1, 0.15) is 36.3 Å². The number of benzene rings is 3. The molecule has 49 heavy (non-hydrogen) atoms. The van der Waals surface area contributed by atoms with Gasteiger partial charge >= 0.3 is 0 Å². The van der Waals surface area contributed by atoms with Gasteiger partial charge in [-0.3, -0.25) is 24.0 Å². The van der Waals surface area contributed by atoms with E-state index in [-0.39, 0.29) is 42.6 Å². The molecule has 0 saturated heterocycles. The van der Waals surface area contributed by atoms with Gasteiger partial charge in [0.25, 0.3) is 5.91 Å². The monoisotopic (exact) mass is 673 g/mol. The molecule has 4 N–H and O–H groups in total. The van der Waals surface area contributed by atoms with Crippen molar-refractivity contribution in [2.45, 2.75) is 64.2 Å². The van der Waals surface area contributed by atoms with Crippen LogP contribution in [0.3, 0.4) is 0 Å². The number of amides is 5. The van der Waals surface area contributed by atoms with E-state index in [1.165, 1.54) is 30.1 Å². The lowest BCUT2D eigenvalue weighted by Crippen LogP contribution is -2.58. The van der Waals surface area contributed by atoms with E-state index in [1.807, 2.05) is 44.2 Å². The molecule has 4 atom stereocenters. The summed E-state index contributed by atoms with van der Waals surface area (Å²) in [4.78, 5) is 69.6. The molecule has 0 aliphatic carbocycles. The largest absolute Gasteiger partial charge is 0.491 e. The lowest BCUT2D eigenvalue weighted by Gasteiger charge is -2.31. The lowest BCUT2D eigenvalue weighted by atomic mass is 9.99. The van der Waals surface area contributed by atoms with Crippen LogP contribution in [0, 0.1) is 11.7 Å². The van der Waals surface area contributed by atoms with E-state index >= 15 is 0 Å². The van der Waals surface area contributed by atoms with Crippen molar-refractivity contribution in [2.75, 3.05) is 20.2 Å². The van der Waals surface area contributed by atoms with Crippen LogP contribution in [0.25, 0.3) is 0 Å². The fourth-order valence-corrected chi connectivity index (χ4v) is 5.44. The summed E-state index contributed by atoms with van der Waals surface area (Å²) in [5.74, 6) is -3.24. The number of hydrogen-bond acceptors (Lipinski definition) is 6. The molecule has 4 rings (SSSR count). The minimum atomic E-state index is -1.31. The topological polar surface area (TPSA) is 146 Å². The number of para-hydroxylation sites is 1. The summed E-state index contributed by atoms with van der Waals surface area (Å²) in [6.45, 7) is 5.53. The number of nitrogens with one attached hydrogen (secondary N) is 4.